The van der Waals surface area contributed by atoms with Crippen molar-refractivity contribution >= 4 is 6.09 Å². The van der Waals surface area contributed by atoms with Crippen LogP contribution in [-0.2, 0) is 4.74 Å². The van der Waals surface area contributed by atoms with Gasteiger partial charge in [0.25, 0.3) is 0 Å². The number of hydrogen-bond acceptors (Lipinski definition) is 5. The van der Waals surface area contributed by atoms with Gasteiger partial charge in [0.05, 0.1) is 12.6 Å². The second kappa shape index (κ2) is 8.03. The van der Waals surface area contributed by atoms with Crippen molar-refractivity contribution in [1.82, 2.24) is 15.2 Å². The van der Waals surface area contributed by atoms with Crippen LogP contribution in [0.4, 0.5) is 9.18 Å². The zero-order valence-electron chi connectivity index (χ0n) is 18.9. The SMILES string of the molecule is Cc1ccc(-c2ccc3c(c2)OCC(C)(C)C3NC(=O)O[C@H]2CN3CCC2CC3)c(F)n1. The van der Waals surface area contributed by atoms with Gasteiger partial charge in [-0.15, -0.1) is 0 Å². The van der Waals surface area contributed by atoms with Gasteiger partial charge in [0.1, 0.15) is 11.9 Å². The Balaban J connectivity index is 1.36. The Morgan fingerprint density at radius 1 is 1.25 bits per heavy atom. The summed E-state index contributed by atoms with van der Waals surface area (Å²) >= 11 is 0. The van der Waals surface area contributed by atoms with Crippen molar-refractivity contribution in [2.45, 2.75) is 45.8 Å². The van der Waals surface area contributed by atoms with Crippen LogP contribution >= 0.6 is 0 Å². The van der Waals surface area contributed by atoms with E-state index in [2.05, 4.69) is 29.0 Å². The number of nitrogens with zero attached hydrogens (tertiary/aromatic N) is 2. The standard InChI is InChI=1S/C25H30FN3O3/c1-15-4-6-18(23(26)27-15)17-5-7-19-20(12-17)31-14-25(2,3)22(19)28-24(30)32-21-13-29-10-8-16(21)9-11-29/h4-7,12,16,21-22H,8-11,13-14H2,1-3H3,(H,28,30)/t21-,22?/m0/s1. The number of ether oxygens (including phenoxy) is 2. The summed E-state index contributed by atoms with van der Waals surface area (Å²) in [6, 6.07) is 8.84. The molecule has 5 heterocycles. The molecule has 6 rings (SSSR count). The minimum Gasteiger partial charge on any atom is -0.493 e. The first-order chi connectivity index (χ1) is 15.3. The third-order valence-electron chi connectivity index (χ3n) is 7.12. The van der Waals surface area contributed by atoms with E-state index in [1.54, 1.807) is 19.1 Å². The van der Waals surface area contributed by atoms with E-state index >= 15 is 0 Å². The fourth-order valence-electron chi connectivity index (χ4n) is 5.18. The molecule has 1 aromatic carbocycles. The van der Waals surface area contributed by atoms with Gasteiger partial charge in [0.2, 0.25) is 5.95 Å². The molecule has 4 aliphatic rings. The van der Waals surface area contributed by atoms with Crippen LogP contribution in [0.5, 0.6) is 5.75 Å². The maximum atomic E-state index is 14.4. The predicted octanol–water partition coefficient (Wildman–Crippen LogP) is 4.48. The first-order valence-corrected chi connectivity index (χ1v) is 11.4. The lowest BCUT2D eigenvalue weighted by Crippen LogP contribution is -2.53. The molecule has 3 fully saturated rings. The summed E-state index contributed by atoms with van der Waals surface area (Å²) < 4.78 is 26.3. The first kappa shape index (κ1) is 21.2. The van der Waals surface area contributed by atoms with Gasteiger partial charge in [-0.25, -0.2) is 9.78 Å². The van der Waals surface area contributed by atoms with Crippen LogP contribution in [-0.4, -0.2) is 48.3 Å². The van der Waals surface area contributed by atoms with Crippen LogP contribution in [0, 0.1) is 24.2 Å². The number of aryl methyl sites for hydroxylation is 1. The van der Waals surface area contributed by atoms with E-state index in [-0.39, 0.29) is 23.7 Å². The molecular weight excluding hydrogens is 409 g/mol. The average Bonchev–Trinajstić information content (AvgIpc) is 2.76. The summed E-state index contributed by atoms with van der Waals surface area (Å²) in [7, 11) is 0. The highest BCUT2D eigenvalue weighted by atomic mass is 19.1. The van der Waals surface area contributed by atoms with Gasteiger partial charge in [-0.05, 0) is 62.5 Å². The van der Waals surface area contributed by atoms with Gasteiger partial charge >= 0.3 is 6.09 Å². The Labute approximate surface area is 188 Å². The summed E-state index contributed by atoms with van der Waals surface area (Å²) in [5.74, 6) is 0.605. The van der Waals surface area contributed by atoms with E-state index in [1.807, 2.05) is 18.2 Å². The normalized spacial score (nSPS) is 27.9. The number of pyridine rings is 1. The average molecular weight is 440 g/mol. The van der Waals surface area contributed by atoms with Gasteiger partial charge in [-0.3, -0.25) is 4.90 Å². The van der Waals surface area contributed by atoms with Gasteiger partial charge in [-0.2, -0.15) is 4.39 Å². The summed E-state index contributed by atoms with van der Waals surface area (Å²) in [5, 5.41) is 3.10. The molecule has 0 aliphatic carbocycles. The summed E-state index contributed by atoms with van der Waals surface area (Å²) in [6.45, 7) is 9.35. The van der Waals surface area contributed by atoms with Crippen LogP contribution in [0.3, 0.4) is 0 Å². The van der Waals surface area contributed by atoms with Crippen molar-refractivity contribution < 1.29 is 18.7 Å². The topological polar surface area (TPSA) is 63.7 Å². The zero-order chi connectivity index (χ0) is 22.5. The van der Waals surface area contributed by atoms with E-state index < -0.39 is 5.95 Å². The van der Waals surface area contributed by atoms with Crippen LogP contribution in [0.15, 0.2) is 30.3 Å². The lowest BCUT2D eigenvalue weighted by Gasteiger charge is -2.44. The minimum atomic E-state index is -0.503. The Kier molecular flexibility index (Phi) is 5.32. The predicted molar refractivity (Wildman–Crippen MR) is 119 cm³/mol. The number of hydrogen-bond donors (Lipinski definition) is 1. The molecule has 0 radical (unpaired) electrons. The number of carbonyl (C=O) groups excluding carboxylic acids is 1. The Morgan fingerprint density at radius 3 is 2.72 bits per heavy atom. The Hall–Kier alpha value is -2.67. The molecule has 1 unspecified atom stereocenters. The molecule has 2 bridgehead atoms. The second-order valence-electron chi connectivity index (χ2n) is 9.98. The van der Waals surface area contributed by atoms with Crippen molar-refractivity contribution in [2.24, 2.45) is 11.3 Å². The van der Waals surface area contributed by atoms with E-state index in [9.17, 15) is 9.18 Å². The Morgan fingerprint density at radius 2 is 2.03 bits per heavy atom. The Bertz CT molecular complexity index is 1030. The van der Waals surface area contributed by atoms with Gasteiger partial charge in [0.15, 0.2) is 0 Å². The van der Waals surface area contributed by atoms with E-state index in [4.69, 9.17) is 9.47 Å². The van der Waals surface area contributed by atoms with Gasteiger partial charge < -0.3 is 14.8 Å². The maximum Gasteiger partial charge on any atom is 0.407 e. The number of fused-ring (bicyclic) bond motifs is 4. The second-order valence-corrected chi connectivity index (χ2v) is 9.98. The summed E-state index contributed by atoms with van der Waals surface area (Å²) in [4.78, 5) is 19.2. The number of piperidine rings is 3. The quantitative estimate of drug-likeness (QED) is 0.715. The third kappa shape index (κ3) is 3.94. The molecule has 1 N–H and O–H groups in total. The highest BCUT2D eigenvalue weighted by molar-refractivity contribution is 5.70. The number of benzene rings is 1. The molecule has 32 heavy (non-hydrogen) atoms. The molecule has 1 aromatic heterocycles. The highest BCUT2D eigenvalue weighted by Gasteiger charge is 2.41. The maximum absolute atomic E-state index is 14.4. The molecule has 2 aromatic rings. The number of nitrogens with one attached hydrogen (secondary N) is 1. The highest BCUT2D eigenvalue weighted by Crippen LogP contribution is 2.44. The molecule has 2 atom stereocenters. The zero-order valence-corrected chi connectivity index (χ0v) is 18.9. The van der Waals surface area contributed by atoms with Crippen molar-refractivity contribution in [2.75, 3.05) is 26.2 Å². The fourth-order valence-corrected chi connectivity index (χ4v) is 5.18. The lowest BCUT2D eigenvalue weighted by atomic mass is 9.78. The molecule has 1 amide bonds. The fraction of sp³-hybridized carbons (Fsp3) is 0.520. The van der Waals surface area contributed by atoms with Crippen LogP contribution in [0.2, 0.25) is 0 Å². The number of rotatable bonds is 3. The molecule has 0 spiro atoms. The number of aromatic nitrogens is 1. The summed E-state index contributed by atoms with van der Waals surface area (Å²) in [6.07, 6.45) is 1.76. The van der Waals surface area contributed by atoms with Crippen molar-refractivity contribution in [3.8, 4) is 16.9 Å². The number of amides is 1. The molecule has 6 nitrogen and oxygen atoms in total. The number of carbonyl (C=O) groups is 1. The number of halogens is 1. The van der Waals surface area contributed by atoms with E-state index in [0.717, 1.165) is 38.0 Å². The molecule has 3 saturated heterocycles. The van der Waals surface area contributed by atoms with Crippen molar-refractivity contribution in [3.05, 3.63) is 47.5 Å². The smallest absolute Gasteiger partial charge is 0.407 e. The molecule has 170 valence electrons. The van der Waals surface area contributed by atoms with Crippen LogP contribution in [0.1, 0.15) is 44.0 Å². The number of alkyl carbamates (subject to hydrolysis) is 1. The molecule has 7 heteroatoms. The molecule has 4 aliphatic heterocycles. The minimum absolute atomic E-state index is 0.0423. The monoisotopic (exact) mass is 439 g/mol. The van der Waals surface area contributed by atoms with Crippen molar-refractivity contribution in [3.63, 3.8) is 0 Å². The lowest BCUT2D eigenvalue weighted by molar-refractivity contribution is -0.0361. The van der Waals surface area contributed by atoms with E-state index in [1.165, 1.54) is 0 Å². The summed E-state index contributed by atoms with van der Waals surface area (Å²) in [5.41, 5.74) is 2.31. The van der Waals surface area contributed by atoms with Gasteiger partial charge in [0, 0.05) is 28.8 Å². The first-order valence-electron chi connectivity index (χ1n) is 11.4. The van der Waals surface area contributed by atoms with Crippen LogP contribution in [0.25, 0.3) is 11.1 Å². The van der Waals surface area contributed by atoms with Crippen LogP contribution < -0.4 is 10.1 Å². The van der Waals surface area contributed by atoms with E-state index in [0.29, 0.717) is 35.1 Å². The largest absolute Gasteiger partial charge is 0.493 e. The molecular formula is C25H30FN3O3. The molecule has 0 saturated carbocycles. The van der Waals surface area contributed by atoms with Gasteiger partial charge in [-0.1, -0.05) is 26.0 Å². The third-order valence-corrected chi connectivity index (χ3v) is 7.12. The van der Waals surface area contributed by atoms with Crippen molar-refractivity contribution in [1.29, 1.82) is 0 Å².